The summed E-state index contributed by atoms with van der Waals surface area (Å²) in [5.74, 6) is -0.480. The lowest BCUT2D eigenvalue weighted by Gasteiger charge is -2.26. The third kappa shape index (κ3) is 6.21. The number of rotatable bonds is 6. The Morgan fingerprint density at radius 3 is 2.46 bits per heavy atom. The molecule has 2 aromatic carbocycles. The molecular weight excluding hydrogens is 371 g/mol. The lowest BCUT2D eigenvalue weighted by Crippen LogP contribution is -2.47. The number of benzene rings is 2. The van der Waals surface area contributed by atoms with Gasteiger partial charge in [0.25, 0.3) is 0 Å². The molecule has 128 valence electrons. The van der Waals surface area contributed by atoms with Gasteiger partial charge in [0.15, 0.2) is 6.17 Å². The van der Waals surface area contributed by atoms with E-state index in [4.69, 9.17) is 39.6 Å². The van der Waals surface area contributed by atoms with Crippen LogP contribution in [-0.4, -0.2) is 15.9 Å². The van der Waals surface area contributed by atoms with Crippen molar-refractivity contribution in [3.8, 4) is 0 Å². The molecule has 2 aromatic rings. The molecule has 0 fully saturated rings. The molecule has 0 spiro atoms. The van der Waals surface area contributed by atoms with Crippen molar-refractivity contribution < 1.29 is 9.63 Å². The van der Waals surface area contributed by atoms with Crippen molar-refractivity contribution in [1.82, 2.24) is 5.48 Å². The van der Waals surface area contributed by atoms with E-state index in [1.54, 1.807) is 0 Å². The minimum Gasteiger partial charge on any atom is -0.368 e. The van der Waals surface area contributed by atoms with Crippen molar-refractivity contribution in [3.63, 3.8) is 0 Å². The minimum absolute atomic E-state index is 0.116. The largest absolute Gasteiger partial charge is 0.368 e. The molecule has 0 aliphatic rings. The van der Waals surface area contributed by atoms with E-state index in [1.807, 2.05) is 61.5 Å². The molecule has 1 atom stereocenters. The highest BCUT2D eigenvalue weighted by Crippen LogP contribution is 2.31. The van der Waals surface area contributed by atoms with Gasteiger partial charge in [0.05, 0.1) is 6.42 Å². The highest BCUT2D eigenvalue weighted by molar-refractivity contribution is 6.68. The van der Waals surface area contributed by atoms with E-state index in [1.165, 1.54) is 0 Å². The van der Waals surface area contributed by atoms with E-state index in [9.17, 15) is 4.79 Å². The number of hydrogen-bond acceptors (Lipinski definition) is 4. The quantitative estimate of drug-likeness (QED) is 0.438. The number of hydroxylamine groups is 1. The number of carbonyl (C=O) groups is 1. The van der Waals surface area contributed by atoms with Gasteiger partial charge in [0.1, 0.15) is 0 Å². The molecule has 0 aliphatic carbocycles. The van der Waals surface area contributed by atoms with Gasteiger partial charge >= 0.3 is 5.97 Å². The fourth-order valence-electron chi connectivity index (χ4n) is 2.00. The van der Waals surface area contributed by atoms with Crippen LogP contribution in [-0.2, 0) is 16.1 Å². The molecule has 4 nitrogen and oxygen atoms in total. The summed E-state index contributed by atoms with van der Waals surface area (Å²) in [6.07, 6.45) is -0.797. The zero-order valence-corrected chi connectivity index (χ0v) is 15.2. The average molecular weight is 388 g/mol. The zero-order chi connectivity index (χ0) is 17.6. The standard InChI is InChI=1S/C17H17Cl3N2O2/c1-12-6-5-9-14(10-12)21-16(17(18,19)20)22-24-15(23)11-13-7-3-2-4-8-13/h2-10,16,21-22H,11H2,1H3. The van der Waals surface area contributed by atoms with Crippen LogP contribution in [0.1, 0.15) is 11.1 Å². The lowest BCUT2D eigenvalue weighted by molar-refractivity contribution is -0.151. The topological polar surface area (TPSA) is 50.4 Å². The van der Waals surface area contributed by atoms with Crippen LogP contribution < -0.4 is 10.8 Å². The summed E-state index contributed by atoms with van der Waals surface area (Å²) < 4.78 is -1.73. The number of carbonyl (C=O) groups excluding carboxylic acids is 1. The fraction of sp³-hybridized carbons (Fsp3) is 0.235. The minimum atomic E-state index is -1.73. The summed E-state index contributed by atoms with van der Waals surface area (Å²) in [7, 11) is 0. The Hall–Kier alpha value is -1.46. The Morgan fingerprint density at radius 1 is 1.12 bits per heavy atom. The first kappa shape index (κ1) is 18.9. The van der Waals surface area contributed by atoms with Crippen LogP contribution in [0.25, 0.3) is 0 Å². The van der Waals surface area contributed by atoms with Gasteiger partial charge in [-0.15, -0.1) is 5.48 Å². The van der Waals surface area contributed by atoms with Crippen molar-refractivity contribution >= 4 is 46.5 Å². The van der Waals surface area contributed by atoms with Crippen molar-refractivity contribution in [3.05, 3.63) is 65.7 Å². The van der Waals surface area contributed by atoms with Crippen molar-refractivity contribution in [2.75, 3.05) is 5.32 Å². The second-order valence-electron chi connectivity index (χ2n) is 5.24. The number of halogens is 3. The number of aryl methyl sites for hydroxylation is 1. The first-order valence-corrected chi connectivity index (χ1v) is 8.37. The van der Waals surface area contributed by atoms with Gasteiger partial charge in [0, 0.05) is 5.69 Å². The van der Waals surface area contributed by atoms with Crippen LogP contribution in [0.2, 0.25) is 0 Å². The highest BCUT2D eigenvalue weighted by atomic mass is 35.6. The molecule has 0 saturated heterocycles. The summed E-state index contributed by atoms with van der Waals surface area (Å²) in [4.78, 5) is 16.9. The normalized spacial score (nSPS) is 12.5. The van der Waals surface area contributed by atoms with Crippen LogP contribution in [0.15, 0.2) is 54.6 Å². The maximum Gasteiger partial charge on any atom is 0.329 e. The summed E-state index contributed by atoms with van der Waals surface area (Å²) in [5.41, 5.74) is 5.11. The van der Waals surface area contributed by atoms with Gasteiger partial charge in [-0.3, -0.25) is 4.79 Å². The fourth-order valence-corrected chi connectivity index (χ4v) is 2.30. The number of nitrogens with one attached hydrogen (secondary N) is 2. The monoisotopic (exact) mass is 386 g/mol. The molecule has 0 bridgehead atoms. The second kappa shape index (κ2) is 8.58. The Morgan fingerprint density at radius 2 is 1.83 bits per heavy atom. The number of anilines is 1. The molecule has 0 aliphatic heterocycles. The lowest BCUT2D eigenvalue weighted by atomic mass is 10.2. The van der Waals surface area contributed by atoms with Crippen molar-refractivity contribution in [1.29, 1.82) is 0 Å². The van der Waals surface area contributed by atoms with Gasteiger partial charge in [-0.1, -0.05) is 77.3 Å². The summed E-state index contributed by atoms with van der Waals surface area (Å²) >= 11 is 17.8. The van der Waals surface area contributed by atoms with Crippen LogP contribution in [0.4, 0.5) is 5.69 Å². The van der Waals surface area contributed by atoms with E-state index in [-0.39, 0.29) is 6.42 Å². The summed E-state index contributed by atoms with van der Waals surface area (Å²) in [6.45, 7) is 1.95. The van der Waals surface area contributed by atoms with Crippen LogP contribution in [0, 0.1) is 6.92 Å². The first-order valence-electron chi connectivity index (χ1n) is 7.23. The Labute approximate surface area is 156 Å². The SMILES string of the molecule is Cc1cccc(NC(NOC(=O)Cc2ccccc2)C(Cl)(Cl)Cl)c1. The molecule has 2 rings (SSSR count). The average Bonchev–Trinajstić information content (AvgIpc) is 2.51. The molecule has 0 aromatic heterocycles. The maximum absolute atomic E-state index is 11.9. The smallest absolute Gasteiger partial charge is 0.329 e. The molecular formula is C17H17Cl3N2O2. The first-order chi connectivity index (χ1) is 11.3. The summed E-state index contributed by atoms with van der Waals surface area (Å²) in [5, 5.41) is 2.99. The van der Waals surface area contributed by atoms with Gasteiger partial charge < -0.3 is 10.2 Å². The van der Waals surface area contributed by atoms with Crippen LogP contribution in [0.3, 0.4) is 0 Å². The van der Waals surface area contributed by atoms with Crippen LogP contribution in [0.5, 0.6) is 0 Å². The van der Waals surface area contributed by atoms with Crippen molar-refractivity contribution in [2.45, 2.75) is 23.3 Å². The molecule has 0 heterocycles. The molecule has 7 heteroatoms. The number of hydrogen-bond donors (Lipinski definition) is 2. The van der Waals surface area contributed by atoms with E-state index in [0.29, 0.717) is 0 Å². The Bertz CT molecular complexity index is 675. The third-order valence-corrected chi connectivity index (χ3v) is 3.79. The van der Waals surface area contributed by atoms with Gasteiger partial charge in [0.2, 0.25) is 3.79 Å². The predicted molar refractivity (Wildman–Crippen MR) is 98.3 cm³/mol. The summed E-state index contributed by atoms with van der Waals surface area (Å²) in [6, 6.07) is 16.8. The Balaban J connectivity index is 1.95. The van der Waals surface area contributed by atoms with E-state index in [0.717, 1.165) is 16.8 Å². The molecule has 0 amide bonds. The second-order valence-corrected chi connectivity index (χ2v) is 7.61. The zero-order valence-electron chi connectivity index (χ0n) is 12.9. The predicted octanol–water partition coefficient (Wildman–Crippen LogP) is 4.39. The third-order valence-electron chi connectivity index (χ3n) is 3.14. The van der Waals surface area contributed by atoms with Gasteiger partial charge in [-0.25, -0.2) is 0 Å². The van der Waals surface area contributed by atoms with E-state index in [2.05, 4.69) is 10.8 Å². The highest BCUT2D eigenvalue weighted by Gasteiger charge is 2.34. The van der Waals surface area contributed by atoms with E-state index >= 15 is 0 Å². The van der Waals surface area contributed by atoms with E-state index < -0.39 is 15.9 Å². The number of alkyl halides is 3. The molecule has 0 saturated carbocycles. The van der Waals surface area contributed by atoms with Crippen LogP contribution >= 0.6 is 34.8 Å². The Kier molecular flexibility index (Phi) is 6.75. The van der Waals surface area contributed by atoms with Gasteiger partial charge in [-0.05, 0) is 30.2 Å². The van der Waals surface area contributed by atoms with Gasteiger partial charge in [-0.2, -0.15) is 0 Å². The molecule has 2 N–H and O–H groups in total. The molecule has 0 radical (unpaired) electrons. The maximum atomic E-state index is 11.9. The molecule has 1 unspecified atom stereocenters. The van der Waals surface area contributed by atoms with Crippen molar-refractivity contribution in [2.24, 2.45) is 0 Å². The molecule has 24 heavy (non-hydrogen) atoms.